The zero-order valence-electron chi connectivity index (χ0n) is 16.7. The Hall–Kier alpha value is -3.73. The minimum Gasteiger partial charge on any atom is -0.462 e. The summed E-state index contributed by atoms with van der Waals surface area (Å²) >= 11 is 0. The standard InChI is InChI=1S/C25H21N3O2/c1-2-14-30-25(29)18-9-7-8-17(15-18)16-28-22-13-6-3-10-19(22)23-24(28)27-21-12-5-4-11-20(21)26-23/h3-13,15H,2,14,16H2,1H3. The fourth-order valence-electron chi connectivity index (χ4n) is 3.80. The van der Waals surface area contributed by atoms with Crippen LogP contribution in [0.25, 0.3) is 33.1 Å². The highest BCUT2D eigenvalue weighted by Crippen LogP contribution is 2.29. The fraction of sp³-hybridized carbons (Fsp3) is 0.160. The van der Waals surface area contributed by atoms with Gasteiger partial charge in [-0.25, -0.2) is 14.8 Å². The molecule has 148 valence electrons. The molecule has 5 rings (SSSR count). The molecule has 0 spiro atoms. The maximum Gasteiger partial charge on any atom is 0.338 e. The molecule has 0 saturated carbocycles. The summed E-state index contributed by atoms with van der Waals surface area (Å²) in [5, 5.41) is 1.07. The molecule has 0 aliphatic rings. The summed E-state index contributed by atoms with van der Waals surface area (Å²) in [7, 11) is 0. The summed E-state index contributed by atoms with van der Waals surface area (Å²) in [4.78, 5) is 22.1. The van der Waals surface area contributed by atoms with Gasteiger partial charge < -0.3 is 9.30 Å². The van der Waals surface area contributed by atoms with Gasteiger partial charge in [0.2, 0.25) is 0 Å². The van der Waals surface area contributed by atoms with Gasteiger partial charge in [-0.2, -0.15) is 0 Å². The lowest BCUT2D eigenvalue weighted by atomic mass is 10.1. The topological polar surface area (TPSA) is 57.0 Å². The molecule has 0 atom stereocenters. The quantitative estimate of drug-likeness (QED) is 0.376. The number of para-hydroxylation sites is 3. The lowest BCUT2D eigenvalue weighted by Gasteiger charge is -2.09. The molecule has 5 nitrogen and oxygen atoms in total. The first-order valence-corrected chi connectivity index (χ1v) is 10.1. The number of hydrogen-bond donors (Lipinski definition) is 0. The highest BCUT2D eigenvalue weighted by atomic mass is 16.5. The normalized spacial score (nSPS) is 11.4. The van der Waals surface area contributed by atoms with Crippen molar-refractivity contribution in [3.05, 3.63) is 83.9 Å². The van der Waals surface area contributed by atoms with E-state index in [1.54, 1.807) is 6.07 Å². The van der Waals surface area contributed by atoms with Crippen molar-refractivity contribution in [1.29, 1.82) is 0 Å². The average Bonchev–Trinajstić information content (AvgIpc) is 3.09. The van der Waals surface area contributed by atoms with Gasteiger partial charge in [-0.3, -0.25) is 0 Å². The van der Waals surface area contributed by atoms with E-state index in [-0.39, 0.29) is 5.97 Å². The van der Waals surface area contributed by atoms with Gasteiger partial charge >= 0.3 is 5.97 Å². The number of rotatable bonds is 5. The maximum atomic E-state index is 12.3. The van der Waals surface area contributed by atoms with Gasteiger partial charge in [0.15, 0.2) is 5.65 Å². The Morgan fingerprint density at radius 1 is 0.933 bits per heavy atom. The van der Waals surface area contributed by atoms with Crippen molar-refractivity contribution in [3.8, 4) is 0 Å². The lowest BCUT2D eigenvalue weighted by Crippen LogP contribution is -2.07. The molecular weight excluding hydrogens is 374 g/mol. The second-order valence-corrected chi connectivity index (χ2v) is 7.32. The van der Waals surface area contributed by atoms with Gasteiger partial charge in [-0.05, 0) is 42.3 Å². The first-order valence-electron chi connectivity index (χ1n) is 10.1. The van der Waals surface area contributed by atoms with Crippen molar-refractivity contribution in [2.75, 3.05) is 6.61 Å². The summed E-state index contributed by atoms with van der Waals surface area (Å²) in [6.45, 7) is 3.00. The van der Waals surface area contributed by atoms with E-state index in [9.17, 15) is 4.79 Å². The van der Waals surface area contributed by atoms with E-state index < -0.39 is 0 Å². The molecule has 2 aromatic heterocycles. The third-order valence-electron chi connectivity index (χ3n) is 5.20. The van der Waals surface area contributed by atoms with Crippen LogP contribution in [0.2, 0.25) is 0 Å². The van der Waals surface area contributed by atoms with Crippen LogP contribution in [0.4, 0.5) is 0 Å². The SMILES string of the molecule is CCCOC(=O)c1cccc(Cn2c3ccccc3c3nc4ccccc4nc32)c1. The monoisotopic (exact) mass is 395 g/mol. The van der Waals surface area contributed by atoms with Crippen LogP contribution in [0.1, 0.15) is 29.3 Å². The van der Waals surface area contributed by atoms with Crippen LogP contribution in [-0.4, -0.2) is 27.1 Å². The number of benzene rings is 3. The van der Waals surface area contributed by atoms with Crippen LogP contribution in [-0.2, 0) is 11.3 Å². The van der Waals surface area contributed by atoms with Gasteiger partial charge in [-0.1, -0.05) is 49.4 Å². The summed E-state index contributed by atoms with van der Waals surface area (Å²) in [6.07, 6.45) is 0.805. The number of carbonyl (C=O) groups is 1. The predicted octanol–water partition coefficient (Wildman–Crippen LogP) is 5.35. The Kier molecular flexibility index (Phi) is 4.64. The number of carbonyl (C=O) groups excluding carboxylic acids is 1. The molecule has 0 amide bonds. The second-order valence-electron chi connectivity index (χ2n) is 7.32. The molecular formula is C25H21N3O2. The number of hydrogen-bond acceptors (Lipinski definition) is 4. The van der Waals surface area contributed by atoms with Crippen molar-refractivity contribution in [1.82, 2.24) is 14.5 Å². The summed E-state index contributed by atoms with van der Waals surface area (Å²) in [5.74, 6) is -0.285. The summed E-state index contributed by atoms with van der Waals surface area (Å²) in [5.41, 5.74) is 6.13. The van der Waals surface area contributed by atoms with E-state index in [4.69, 9.17) is 14.7 Å². The van der Waals surface area contributed by atoms with Crippen LogP contribution < -0.4 is 0 Å². The molecule has 5 aromatic rings. The molecule has 0 aliphatic heterocycles. The summed E-state index contributed by atoms with van der Waals surface area (Å²) in [6, 6.07) is 23.7. The maximum absolute atomic E-state index is 12.3. The molecule has 0 fully saturated rings. The summed E-state index contributed by atoms with van der Waals surface area (Å²) < 4.78 is 7.46. The first-order chi connectivity index (χ1) is 14.7. The zero-order chi connectivity index (χ0) is 20.5. The lowest BCUT2D eigenvalue weighted by molar-refractivity contribution is 0.0505. The van der Waals surface area contributed by atoms with E-state index in [0.717, 1.165) is 45.1 Å². The number of esters is 1. The number of nitrogens with zero attached hydrogens (tertiary/aromatic N) is 3. The van der Waals surface area contributed by atoms with Gasteiger partial charge in [0.1, 0.15) is 5.52 Å². The van der Waals surface area contributed by atoms with E-state index >= 15 is 0 Å². The van der Waals surface area contributed by atoms with Crippen molar-refractivity contribution >= 4 is 39.1 Å². The van der Waals surface area contributed by atoms with Crippen molar-refractivity contribution in [3.63, 3.8) is 0 Å². The average molecular weight is 395 g/mol. The molecule has 2 heterocycles. The highest BCUT2D eigenvalue weighted by Gasteiger charge is 2.15. The number of ether oxygens (including phenoxy) is 1. The molecule has 5 heteroatoms. The molecule has 3 aromatic carbocycles. The minimum absolute atomic E-state index is 0.285. The smallest absolute Gasteiger partial charge is 0.338 e. The van der Waals surface area contributed by atoms with E-state index in [1.807, 2.05) is 61.5 Å². The Morgan fingerprint density at radius 2 is 1.70 bits per heavy atom. The molecule has 30 heavy (non-hydrogen) atoms. The molecule has 0 radical (unpaired) electrons. The Balaban J connectivity index is 1.63. The molecule has 0 aliphatic carbocycles. The van der Waals surface area contributed by atoms with Crippen LogP contribution in [0.15, 0.2) is 72.8 Å². The largest absolute Gasteiger partial charge is 0.462 e. The number of fused-ring (bicyclic) bond motifs is 4. The van der Waals surface area contributed by atoms with Crippen molar-refractivity contribution in [2.45, 2.75) is 19.9 Å². The predicted molar refractivity (Wildman–Crippen MR) is 119 cm³/mol. The van der Waals surface area contributed by atoms with Gasteiger partial charge in [0.25, 0.3) is 0 Å². The highest BCUT2D eigenvalue weighted by molar-refractivity contribution is 6.06. The molecule has 0 saturated heterocycles. The van der Waals surface area contributed by atoms with Crippen molar-refractivity contribution in [2.24, 2.45) is 0 Å². The van der Waals surface area contributed by atoms with Crippen LogP contribution >= 0.6 is 0 Å². The first kappa shape index (κ1) is 18.3. The molecule has 0 N–H and O–H groups in total. The Bertz CT molecular complexity index is 1390. The Labute approximate surface area is 173 Å². The Morgan fingerprint density at radius 3 is 2.53 bits per heavy atom. The van der Waals surface area contributed by atoms with Gasteiger partial charge in [0, 0.05) is 11.9 Å². The van der Waals surface area contributed by atoms with E-state index in [0.29, 0.717) is 18.7 Å². The van der Waals surface area contributed by atoms with Crippen LogP contribution in [0.3, 0.4) is 0 Å². The zero-order valence-corrected chi connectivity index (χ0v) is 16.7. The van der Waals surface area contributed by atoms with Crippen LogP contribution in [0.5, 0.6) is 0 Å². The third kappa shape index (κ3) is 3.18. The van der Waals surface area contributed by atoms with E-state index in [2.05, 4.69) is 16.7 Å². The number of aromatic nitrogens is 3. The van der Waals surface area contributed by atoms with Gasteiger partial charge in [0.05, 0.1) is 28.7 Å². The van der Waals surface area contributed by atoms with Gasteiger partial charge in [-0.15, -0.1) is 0 Å². The van der Waals surface area contributed by atoms with E-state index in [1.165, 1.54) is 0 Å². The van der Waals surface area contributed by atoms with Crippen LogP contribution in [0, 0.1) is 0 Å². The third-order valence-corrected chi connectivity index (χ3v) is 5.20. The van der Waals surface area contributed by atoms with Crippen molar-refractivity contribution < 1.29 is 9.53 Å². The molecule has 0 bridgehead atoms. The second kappa shape index (κ2) is 7.59. The molecule has 0 unspecified atom stereocenters. The fourth-order valence-corrected chi connectivity index (χ4v) is 3.80. The minimum atomic E-state index is -0.285.